The van der Waals surface area contributed by atoms with E-state index in [0.29, 0.717) is 30.2 Å². The fourth-order valence-electron chi connectivity index (χ4n) is 2.81. The van der Waals surface area contributed by atoms with Gasteiger partial charge in [-0.15, -0.1) is 0 Å². The number of hydrogen-bond donors (Lipinski definition) is 3. The van der Waals surface area contributed by atoms with Gasteiger partial charge in [-0.25, -0.2) is 0 Å². The Kier molecular flexibility index (Phi) is 8.11. The molecule has 162 valence electrons. The average Bonchev–Trinajstić information content (AvgIpc) is 3.31. The molecule has 0 aliphatic carbocycles. The van der Waals surface area contributed by atoms with Crippen molar-refractivity contribution in [1.82, 2.24) is 5.32 Å². The van der Waals surface area contributed by atoms with Crippen LogP contribution in [-0.2, 0) is 11.3 Å². The Bertz CT molecular complexity index is 969. The standard InChI is InChI=1S/C24H27N3O4/c1-2-3-13-30-21-7-4-6-20(15-21)27-23(28)17-25-19-11-9-18(10-12-19)24(29)26-16-22-8-5-14-31-22/h4-12,14-15,25H,2-3,13,16-17H2,1H3,(H,26,29)(H,27,28). The van der Waals surface area contributed by atoms with E-state index in [4.69, 9.17) is 9.15 Å². The van der Waals surface area contributed by atoms with E-state index in [1.807, 2.05) is 24.3 Å². The van der Waals surface area contributed by atoms with Crippen LogP contribution >= 0.6 is 0 Å². The number of hydrogen-bond acceptors (Lipinski definition) is 5. The van der Waals surface area contributed by atoms with Crippen molar-refractivity contribution in [2.45, 2.75) is 26.3 Å². The molecule has 0 aliphatic heterocycles. The van der Waals surface area contributed by atoms with Gasteiger partial charge in [0.25, 0.3) is 5.91 Å². The van der Waals surface area contributed by atoms with E-state index in [0.717, 1.165) is 24.3 Å². The van der Waals surface area contributed by atoms with Gasteiger partial charge in [0, 0.05) is 23.0 Å². The topological polar surface area (TPSA) is 92.6 Å². The Morgan fingerprint density at radius 3 is 2.58 bits per heavy atom. The normalized spacial score (nSPS) is 10.4. The van der Waals surface area contributed by atoms with Crippen LogP contribution in [0.5, 0.6) is 5.75 Å². The van der Waals surface area contributed by atoms with Gasteiger partial charge in [0.2, 0.25) is 5.91 Å². The minimum Gasteiger partial charge on any atom is -0.494 e. The quantitative estimate of drug-likeness (QED) is 0.398. The molecule has 2 amide bonds. The zero-order valence-corrected chi connectivity index (χ0v) is 17.5. The Morgan fingerprint density at radius 1 is 1.00 bits per heavy atom. The summed E-state index contributed by atoms with van der Waals surface area (Å²) < 4.78 is 10.9. The second kappa shape index (κ2) is 11.4. The maximum absolute atomic E-state index is 12.2. The highest BCUT2D eigenvalue weighted by atomic mass is 16.5. The summed E-state index contributed by atoms with van der Waals surface area (Å²) in [7, 11) is 0. The molecule has 3 rings (SSSR count). The first-order valence-electron chi connectivity index (χ1n) is 10.3. The van der Waals surface area contributed by atoms with E-state index >= 15 is 0 Å². The molecular formula is C24H27N3O4. The molecule has 0 unspecified atom stereocenters. The van der Waals surface area contributed by atoms with Gasteiger partial charge in [-0.05, 0) is 55.0 Å². The summed E-state index contributed by atoms with van der Waals surface area (Å²) >= 11 is 0. The first kappa shape index (κ1) is 22.0. The molecule has 0 aliphatic rings. The molecule has 3 N–H and O–H groups in total. The number of benzene rings is 2. The monoisotopic (exact) mass is 421 g/mol. The molecule has 0 fully saturated rings. The third-order valence-electron chi connectivity index (χ3n) is 4.49. The maximum Gasteiger partial charge on any atom is 0.251 e. The zero-order valence-electron chi connectivity index (χ0n) is 17.5. The molecule has 0 atom stereocenters. The van der Waals surface area contributed by atoms with Crippen LogP contribution in [0.15, 0.2) is 71.3 Å². The van der Waals surface area contributed by atoms with E-state index in [1.165, 1.54) is 0 Å². The molecule has 1 heterocycles. The van der Waals surface area contributed by atoms with Gasteiger partial charge in [-0.2, -0.15) is 0 Å². The predicted octanol–water partition coefficient (Wildman–Crippen LogP) is 4.44. The maximum atomic E-state index is 12.2. The Balaban J connectivity index is 1.43. The van der Waals surface area contributed by atoms with Gasteiger partial charge >= 0.3 is 0 Å². The van der Waals surface area contributed by atoms with Gasteiger partial charge in [-0.3, -0.25) is 9.59 Å². The van der Waals surface area contributed by atoms with Crippen molar-refractivity contribution in [2.75, 3.05) is 23.8 Å². The Hall–Kier alpha value is -3.74. The molecule has 7 nitrogen and oxygen atoms in total. The molecule has 1 aromatic heterocycles. The van der Waals surface area contributed by atoms with Crippen LogP contribution < -0.4 is 20.7 Å². The molecule has 0 radical (unpaired) electrons. The van der Waals surface area contributed by atoms with E-state index < -0.39 is 0 Å². The summed E-state index contributed by atoms with van der Waals surface area (Å²) in [6, 6.07) is 17.8. The van der Waals surface area contributed by atoms with Crippen molar-refractivity contribution in [3.8, 4) is 5.75 Å². The highest BCUT2D eigenvalue weighted by Gasteiger charge is 2.07. The number of unbranched alkanes of at least 4 members (excludes halogenated alkanes) is 1. The summed E-state index contributed by atoms with van der Waals surface area (Å²) in [5.41, 5.74) is 1.96. The number of carbonyl (C=O) groups excluding carboxylic acids is 2. The van der Waals surface area contributed by atoms with Gasteiger partial charge < -0.3 is 25.1 Å². The summed E-state index contributed by atoms with van der Waals surface area (Å²) in [5, 5.41) is 8.69. The molecule has 0 bridgehead atoms. The number of ether oxygens (including phenoxy) is 1. The zero-order chi connectivity index (χ0) is 21.9. The number of rotatable bonds is 11. The molecule has 3 aromatic rings. The third kappa shape index (κ3) is 7.22. The van der Waals surface area contributed by atoms with Crippen LogP contribution in [0.3, 0.4) is 0 Å². The van der Waals surface area contributed by atoms with Gasteiger partial charge in [0.05, 0.1) is 26.0 Å². The fraction of sp³-hybridized carbons (Fsp3) is 0.250. The minimum atomic E-state index is -0.193. The molecular weight excluding hydrogens is 394 g/mol. The van der Waals surface area contributed by atoms with Crippen LogP contribution in [0.1, 0.15) is 35.9 Å². The summed E-state index contributed by atoms with van der Waals surface area (Å²) in [6.45, 7) is 3.20. The minimum absolute atomic E-state index is 0.102. The lowest BCUT2D eigenvalue weighted by Gasteiger charge is -2.10. The number of carbonyl (C=O) groups is 2. The van der Waals surface area contributed by atoms with Crippen molar-refractivity contribution in [3.63, 3.8) is 0 Å². The molecule has 2 aromatic carbocycles. The lowest BCUT2D eigenvalue weighted by molar-refractivity contribution is -0.114. The number of anilines is 2. The summed E-state index contributed by atoms with van der Waals surface area (Å²) in [6.07, 6.45) is 3.62. The highest BCUT2D eigenvalue weighted by molar-refractivity contribution is 5.95. The van der Waals surface area contributed by atoms with Crippen molar-refractivity contribution in [1.29, 1.82) is 0 Å². The smallest absolute Gasteiger partial charge is 0.251 e. The molecule has 31 heavy (non-hydrogen) atoms. The number of nitrogens with one attached hydrogen (secondary N) is 3. The second-order valence-corrected chi connectivity index (χ2v) is 6.97. The van der Waals surface area contributed by atoms with Crippen molar-refractivity contribution >= 4 is 23.2 Å². The third-order valence-corrected chi connectivity index (χ3v) is 4.49. The molecule has 0 saturated carbocycles. The lowest BCUT2D eigenvalue weighted by Crippen LogP contribution is -2.23. The SMILES string of the molecule is CCCCOc1cccc(NC(=O)CNc2ccc(C(=O)NCc3ccco3)cc2)c1. The first-order chi connectivity index (χ1) is 15.1. The fourth-order valence-corrected chi connectivity index (χ4v) is 2.81. The Morgan fingerprint density at radius 2 is 1.84 bits per heavy atom. The van der Waals surface area contributed by atoms with Crippen LogP contribution in [0.4, 0.5) is 11.4 Å². The van der Waals surface area contributed by atoms with Gasteiger partial charge in [-0.1, -0.05) is 19.4 Å². The summed E-state index contributed by atoms with van der Waals surface area (Å²) in [5.74, 6) is 1.06. The van der Waals surface area contributed by atoms with E-state index in [9.17, 15) is 9.59 Å². The van der Waals surface area contributed by atoms with Crippen molar-refractivity contribution < 1.29 is 18.7 Å². The molecule has 7 heteroatoms. The van der Waals surface area contributed by atoms with Crippen molar-refractivity contribution in [2.24, 2.45) is 0 Å². The van der Waals surface area contributed by atoms with Crippen LogP contribution in [0.2, 0.25) is 0 Å². The van der Waals surface area contributed by atoms with Crippen LogP contribution in [0.25, 0.3) is 0 Å². The first-order valence-corrected chi connectivity index (χ1v) is 10.3. The van der Waals surface area contributed by atoms with Crippen LogP contribution in [-0.4, -0.2) is 25.0 Å². The average molecular weight is 421 g/mol. The molecule has 0 spiro atoms. The predicted molar refractivity (Wildman–Crippen MR) is 120 cm³/mol. The van der Waals surface area contributed by atoms with E-state index in [1.54, 1.807) is 42.7 Å². The van der Waals surface area contributed by atoms with E-state index in [-0.39, 0.29) is 18.4 Å². The van der Waals surface area contributed by atoms with Crippen molar-refractivity contribution in [3.05, 3.63) is 78.3 Å². The largest absolute Gasteiger partial charge is 0.494 e. The van der Waals surface area contributed by atoms with E-state index in [2.05, 4.69) is 22.9 Å². The number of amides is 2. The number of furan rings is 1. The highest BCUT2D eigenvalue weighted by Crippen LogP contribution is 2.18. The molecule has 0 saturated heterocycles. The Labute approximate surface area is 181 Å². The lowest BCUT2D eigenvalue weighted by atomic mass is 10.2. The van der Waals surface area contributed by atoms with Gasteiger partial charge in [0.15, 0.2) is 0 Å². The summed E-state index contributed by atoms with van der Waals surface area (Å²) in [4.78, 5) is 24.4. The van der Waals surface area contributed by atoms with Crippen LogP contribution in [0, 0.1) is 0 Å². The van der Waals surface area contributed by atoms with Gasteiger partial charge in [0.1, 0.15) is 11.5 Å². The second-order valence-electron chi connectivity index (χ2n) is 6.97.